The summed E-state index contributed by atoms with van der Waals surface area (Å²) in [6, 6.07) is 18.8. The summed E-state index contributed by atoms with van der Waals surface area (Å²) in [6.07, 6.45) is 1.76. The number of hydrogen-bond donors (Lipinski definition) is 2. The largest absolute Gasteiger partial charge is 0.462 e. The molecule has 0 unspecified atom stereocenters. The Balaban J connectivity index is 1.47. The number of rotatable bonds is 7. The van der Waals surface area contributed by atoms with Crippen LogP contribution in [0, 0.1) is 6.92 Å². The van der Waals surface area contributed by atoms with E-state index in [0.29, 0.717) is 28.5 Å². The molecule has 35 heavy (non-hydrogen) atoms. The summed E-state index contributed by atoms with van der Waals surface area (Å²) < 4.78 is 6.58. The van der Waals surface area contributed by atoms with Crippen LogP contribution < -0.4 is 16.2 Å². The molecule has 4 aromatic rings. The summed E-state index contributed by atoms with van der Waals surface area (Å²) in [5, 5.41) is 5.55. The van der Waals surface area contributed by atoms with Gasteiger partial charge in [0, 0.05) is 22.9 Å². The standard InChI is InChI=1S/C26H24N4O4S/c1-3-34-25(32)19-8-4-5-9-20(19)28-26(33)29-21-10-6-7-11-22(21)35-16-18-14-24(31)30-15-17(2)12-13-23(30)27-18/h4-15H,3,16H2,1-2H3,(H2,28,29,33). The number of amides is 2. The maximum Gasteiger partial charge on any atom is 0.340 e. The van der Waals surface area contributed by atoms with Gasteiger partial charge in [-0.1, -0.05) is 30.3 Å². The van der Waals surface area contributed by atoms with E-state index in [1.807, 2.05) is 37.3 Å². The van der Waals surface area contributed by atoms with Crippen molar-refractivity contribution in [3.8, 4) is 0 Å². The number of pyridine rings is 1. The predicted octanol–water partition coefficient (Wildman–Crippen LogP) is 5.12. The molecule has 8 nitrogen and oxygen atoms in total. The Hall–Kier alpha value is -4.11. The zero-order valence-corrected chi connectivity index (χ0v) is 20.1. The third-order valence-corrected chi connectivity index (χ3v) is 6.15. The van der Waals surface area contributed by atoms with E-state index in [1.165, 1.54) is 22.2 Å². The molecule has 2 heterocycles. The molecule has 0 bridgehead atoms. The molecule has 0 aliphatic carbocycles. The molecule has 9 heteroatoms. The summed E-state index contributed by atoms with van der Waals surface area (Å²) in [5.41, 5.74) is 3.29. The number of carbonyl (C=O) groups is 2. The number of esters is 1. The van der Waals surface area contributed by atoms with E-state index in [9.17, 15) is 14.4 Å². The van der Waals surface area contributed by atoms with Gasteiger partial charge < -0.3 is 15.4 Å². The van der Waals surface area contributed by atoms with Crippen LogP contribution in [0.5, 0.6) is 0 Å². The maximum absolute atomic E-state index is 12.7. The fourth-order valence-electron chi connectivity index (χ4n) is 3.43. The average molecular weight is 489 g/mol. The number of para-hydroxylation sites is 2. The number of thioether (sulfide) groups is 1. The van der Waals surface area contributed by atoms with Crippen molar-refractivity contribution < 1.29 is 14.3 Å². The lowest BCUT2D eigenvalue weighted by Gasteiger charge is -2.13. The average Bonchev–Trinajstić information content (AvgIpc) is 2.84. The van der Waals surface area contributed by atoms with E-state index in [2.05, 4.69) is 15.6 Å². The molecule has 0 aliphatic rings. The molecule has 2 aromatic carbocycles. The molecule has 0 atom stereocenters. The van der Waals surface area contributed by atoms with Gasteiger partial charge in [0.15, 0.2) is 0 Å². The zero-order valence-electron chi connectivity index (χ0n) is 19.3. The van der Waals surface area contributed by atoms with Crippen molar-refractivity contribution in [1.29, 1.82) is 0 Å². The molecule has 0 saturated heterocycles. The summed E-state index contributed by atoms with van der Waals surface area (Å²) in [6.45, 7) is 3.88. The van der Waals surface area contributed by atoms with Crippen LogP contribution in [0.15, 0.2) is 82.6 Å². The first-order valence-corrected chi connectivity index (χ1v) is 12.0. The first kappa shape index (κ1) is 24.0. The topological polar surface area (TPSA) is 102 Å². The van der Waals surface area contributed by atoms with Crippen LogP contribution in [0.25, 0.3) is 5.65 Å². The second-order valence-electron chi connectivity index (χ2n) is 7.65. The van der Waals surface area contributed by atoms with Crippen LogP contribution in [0.4, 0.5) is 16.2 Å². The minimum atomic E-state index is -0.506. The SMILES string of the molecule is CCOC(=O)c1ccccc1NC(=O)Nc1ccccc1SCc1cc(=O)n2cc(C)ccc2n1. The number of ether oxygens (including phenoxy) is 1. The van der Waals surface area contributed by atoms with Crippen molar-refractivity contribution in [3.05, 3.63) is 100 Å². The monoisotopic (exact) mass is 488 g/mol. The van der Waals surface area contributed by atoms with E-state index in [4.69, 9.17) is 4.74 Å². The number of urea groups is 1. The Bertz CT molecular complexity index is 1450. The summed E-state index contributed by atoms with van der Waals surface area (Å²) in [7, 11) is 0. The van der Waals surface area contributed by atoms with Crippen molar-refractivity contribution in [1.82, 2.24) is 9.38 Å². The lowest BCUT2D eigenvalue weighted by molar-refractivity contribution is 0.0527. The zero-order chi connectivity index (χ0) is 24.8. The van der Waals surface area contributed by atoms with Crippen molar-refractivity contribution in [2.45, 2.75) is 24.5 Å². The summed E-state index contributed by atoms with van der Waals surface area (Å²) in [4.78, 5) is 42.8. The smallest absolute Gasteiger partial charge is 0.340 e. The number of carbonyl (C=O) groups excluding carboxylic acids is 2. The predicted molar refractivity (Wildman–Crippen MR) is 137 cm³/mol. The van der Waals surface area contributed by atoms with Gasteiger partial charge in [-0.15, -0.1) is 11.8 Å². The molecule has 0 aliphatic heterocycles. The number of aromatic nitrogens is 2. The molecular formula is C26H24N4O4S. The van der Waals surface area contributed by atoms with Crippen LogP contribution in [0.2, 0.25) is 0 Å². The Morgan fingerprint density at radius 1 is 1.00 bits per heavy atom. The minimum Gasteiger partial charge on any atom is -0.462 e. The van der Waals surface area contributed by atoms with Gasteiger partial charge in [-0.25, -0.2) is 14.6 Å². The number of benzene rings is 2. The van der Waals surface area contributed by atoms with Gasteiger partial charge in [-0.2, -0.15) is 0 Å². The highest BCUT2D eigenvalue weighted by Crippen LogP contribution is 2.29. The van der Waals surface area contributed by atoms with Crippen molar-refractivity contribution in [3.63, 3.8) is 0 Å². The summed E-state index contributed by atoms with van der Waals surface area (Å²) in [5.74, 6) is -0.0562. The fourth-order valence-corrected chi connectivity index (χ4v) is 4.34. The molecule has 2 amide bonds. The van der Waals surface area contributed by atoms with Gasteiger partial charge >= 0.3 is 12.0 Å². The highest BCUT2D eigenvalue weighted by Gasteiger charge is 2.15. The van der Waals surface area contributed by atoms with Crippen LogP contribution in [-0.4, -0.2) is 28.0 Å². The Labute approximate surface area is 206 Å². The molecular weight excluding hydrogens is 464 g/mol. The summed E-state index contributed by atoms with van der Waals surface area (Å²) >= 11 is 1.46. The highest BCUT2D eigenvalue weighted by molar-refractivity contribution is 7.98. The first-order valence-electron chi connectivity index (χ1n) is 11.0. The van der Waals surface area contributed by atoms with Crippen LogP contribution in [-0.2, 0) is 10.5 Å². The lowest BCUT2D eigenvalue weighted by Crippen LogP contribution is -2.21. The molecule has 2 N–H and O–H groups in total. The normalized spacial score (nSPS) is 10.7. The third kappa shape index (κ3) is 5.88. The number of aryl methyl sites for hydroxylation is 1. The van der Waals surface area contributed by atoms with E-state index >= 15 is 0 Å². The van der Waals surface area contributed by atoms with E-state index in [-0.39, 0.29) is 17.7 Å². The van der Waals surface area contributed by atoms with Gasteiger partial charge in [0.25, 0.3) is 5.56 Å². The third-order valence-electron chi connectivity index (χ3n) is 5.04. The molecule has 178 valence electrons. The number of nitrogens with one attached hydrogen (secondary N) is 2. The van der Waals surface area contributed by atoms with Gasteiger partial charge in [0.2, 0.25) is 0 Å². The number of fused-ring (bicyclic) bond motifs is 1. The maximum atomic E-state index is 12.7. The second kappa shape index (κ2) is 10.9. The quantitative estimate of drug-likeness (QED) is 0.277. The van der Waals surface area contributed by atoms with Gasteiger partial charge in [0.05, 0.1) is 29.2 Å². The van der Waals surface area contributed by atoms with Gasteiger partial charge in [-0.3, -0.25) is 9.20 Å². The van der Waals surface area contributed by atoms with E-state index in [1.54, 1.807) is 43.5 Å². The van der Waals surface area contributed by atoms with Crippen LogP contribution >= 0.6 is 11.8 Å². The van der Waals surface area contributed by atoms with Crippen molar-refractivity contribution in [2.24, 2.45) is 0 Å². The van der Waals surface area contributed by atoms with Crippen molar-refractivity contribution in [2.75, 3.05) is 17.2 Å². The Morgan fingerprint density at radius 3 is 2.51 bits per heavy atom. The molecule has 0 fully saturated rings. The first-order chi connectivity index (χ1) is 16.9. The molecule has 0 saturated carbocycles. The number of nitrogens with zero attached hydrogens (tertiary/aromatic N) is 2. The molecule has 4 rings (SSSR count). The lowest BCUT2D eigenvalue weighted by atomic mass is 10.2. The molecule has 2 aromatic heterocycles. The van der Waals surface area contributed by atoms with Crippen LogP contribution in [0.3, 0.4) is 0 Å². The van der Waals surface area contributed by atoms with Gasteiger partial charge in [0.1, 0.15) is 5.65 Å². The van der Waals surface area contributed by atoms with Crippen LogP contribution in [0.1, 0.15) is 28.5 Å². The Morgan fingerprint density at radius 2 is 1.71 bits per heavy atom. The van der Waals surface area contributed by atoms with E-state index in [0.717, 1.165) is 10.5 Å². The highest BCUT2D eigenvalue weighted by atomic mass is 32.2. The second-order valence-corrected chi connectivity index (χ2v) is 8.67. The number of anilines is 2. The van der Waals surface area contributed by atoms with E-state index < -0.39 is 12.0 Å². The number of hydrogen-bond acceptors (Lipinski definition) is 6. The van der Waals surface area contributed by atoms with Crippen molar-refractivity contribution >= 4 is 40.8 Å². The Kier molecular flexibility index (Phi) is 7.47. The molecule has 0 spiro atoms. The fraction of sp³-hybridized carbons (Fsp3) is 0.154. The molecule has 0 radical (unpaired) electrons. The van der Waals surface area contributed by atoms with Gasteiger partial charge in [-0.05, 0) is 49.7 Å². The minimum absolute atomic E-state index is 0.139.